The lowest BCUT2D eigenvalue weighted by Crippen LogP contribution is -2.50. The second kappa shape index (κ2) is 7.67. The summed E-state index contributed by atoms with van der Waals surface area (Å²) in [6.45, 7) is 3.90. The largest absolute Gasteiger partial charge is 0.368 e. The van der Waals surface area contributed by atoms with E-state index in [4.69, 9.17) is 4.74 Å². The van der Waals surface area contributed by atoms with Gasteiger partial charge in [0.2, 0.25) is 5.91 Å². The van der Waals surface area contributed by atoms with Crippen LogP contribution in [-0.4, -0.2) is 74.1 Å². The van der Waals surface area contributed by atoms with E-state index in [1.807, 2.05) is 0 Å². The monoisotopic (exact) mass is 291 g/mol. The SMILES string of the molecule is CN(CC(=O)N1CCNCC1)C(=O)C1CCCO1.Cl. The minimum absolute atomic E-state index is 0. The third kappa shape index (κ3) is 4.33. The fourth-order valence-electron chi connectivity index (χ4n) is 2.31. The lowest BCUT2D eigenvalue weighted by molar-refractivity contribution is -0.145. The van der Waals surface area contributed by atoms with Crippen LogP contribution in [0.5, 0.6) is 0 Å². The molecule has 2 aliphatic heterocycles. The first-order chi connectivity index (χ1) is 8.68. The summed E-state index contributed by atoms with van der Waals surface area (Å²) in [7, 11) is 1.67. The average Bonchev–Trinajstić information content (AvgIpc) is 2.92. The van der Waals surface area contributed by atoms with E-state index in [-0.39, 0.29) is 36.9 Å². The maximum atomic E-state index is 12.0. The van der Waals surface area contributed by atoms with Crippen molar-refractivity contribution < 1.29 is 14.3 Å². The summed E-state index contributed by atoms with van der Waals surface area (Å²) < 4.78 is 5.34. The van der Waals surface area contributed by atoms with Crippen LogP contribution in [0.1, 0.15) is 12.8 Å². The number of rotatable bonds is 3. The van der Waals surface area contributed by atoms with Gasteiger partial charge in [-0.1, -0.05) is 0 Å². The Morgan fingerprint density at radius 3 is 2.63 bits per heavy atom. The third-order valence-electron chi connectivity index (χ3n) is 3.42. The van der Waals surface area contributed by atoms with Gasteiger partial charge < -0.3 is 19.9 Å². The second-order valence-corrected chi connectivity index (χ2v) is 4.83. The highest BCUT2D eigenvalue weighted by Crippen LogP contribution is 2.14. The molecule has 0 aliphatic carbocycles. The maximum Gasteiger partial charge on any atom is 0.251 e. The van der Waals surface area contributed by atoms with Gasteiger partial charge in [-0.2, -0.15) is 0 Å². The fourth-order valence-corrected chi connectivity index (χ4v) is 2.31. The number of carbonyl (C=O) groups excluding carboxylic acids is 2. The fraction of sp³-hybridized carbons (Fsp3) is 0.833. The van der Waals surface area contributed by atoms with Crippen molar-refractivity contribution in [2.75, 3.05) is 46.4 Å². The first-order valence-corrected chi connectivity index (χ1v) is 6.53. The molecular formula is C12H22ClN3O3. The molecule has 0 aromatic heterocycles. The highest BCUT2D eigenvalue weighted by molar-refractivity contribution is 5.87. The van der Waals surface area contributed by atoms with Gasteiger partial charge in [-0.3, -0.25) is 9.59 Å². The van der Waals surface area contributed by atoms with Crippen molar-refractivity contribution >= 4 is 24.2 Å². The second-order valence-electron chi connectivity index (χ2n) is 4.83. The first kappa shape index (κ1) is 16.2. The summed E-state index contributed by atoms with van der Waals surface area (Å²) >= 11 is 0. The molecular weight excluding hydrogens is 270 g/mol. The standard InChI is InChI=1S/C12H21N3O3.ClH/c1-14(12(17)10-3-2-8-18-10)9-11(16)15-6-4-13-5-7-15;/h10,13H,2-9H2,1H3;1H. The number of amides is 2. The normalized spacial score (nSPS) is 22.8. The third-order valence-corrected chi connectivity index (χ3v) is 3.42. The number of carbonyl (C=O) groups is 2. The number of ether oxygens (including phenoxy) is 1. The number of hydrogen-bond donors (Lipinski definition) is 1. The zero-order chi connectivity index (χ0) is 13.0. The molecule has 2 heterocycles. The maximum absolute atomic E-state index is 12.0. The molecule has 2 amide bonds. The van der Waals surface area contributed by atoms with Gasteiger partial charge in [0.05, 0.1) is 6.54 Å². The molecule has 7 heteroatoms. The van der Waals surface area contributed by atoms with Crippen molar-refractivity contribution in [3.63, 3.8) is 0 Å². The predicted octanol–water partition coefficient (Wildman–Crippen LogP) is -0.523. The number of hydrogen-bond acceptors (Lipinski definition) is 4. The van der Waals surface area contributed by atoms with Gasteiger partial charge in [-0.25, -0.2) is 0 Å². The first-order valence-electron chi connectivity index (χ1n) is 6.53. The summed E-state index contributed by atoms with van der Waals surface area (Å²) in [5.41, 5.74) is 0. The smallest absolute Gasteiger partial charge is 0.251 e. The van der Waals surface area contributed by atoms with Crippen LogP contribution >= 0.6 is 12.4 Å². The molecule has 2 fully saturated rings. The van der Waals surface area contributed by atoms with Crippen molar-refractivity contribution in [1.29, 1.82) is 0 Å². The van der Waals surface area contributed by atoms with Gasteiger partial charge in [0.25, 0.3) is 5.91 Å². The van der Waals surface area contributed by atoms with Crippen molar-refractivity contribution in [2.45, 2.75) is 18.9 Å². The van der Waals surface area contributed by atoms with E-state index < -0.39 is 0 Å². The Kier molecular flexibility index (Phi) is 6.54. The number of halogens is 1. The van der Waals surface area contributed by atoms with E-state index in [0.29, 0.717) is 6.61 Å². The van der Waals surface area contributed by atoms with Crippen LogP contribution in [0.25, 0.3) is 0 Å². The summed E-state index contributed by atoms with van der Waals surface area (Å²) in [6.07, 6.45) is 1.35. The molecule has 110 valence electrons. The van der Waals surface area contributed by atoms with Gasteiger partial charge in [0, 0.05) is 39.8 Å². The molecule has 0 aromatic carbocycles. The van der Waals surface area contributed by atoms with Crippen LogP contribution in [-0.2, 0) is 14.3 Å². The molecule has 0 radical (unpaired) electrons. The van der Waals surface area contributed by atoms with Crippen molar-refractivity contribution in [3.05, 3.63) is 0 Å². The van der Waals surface area contributed by atoms with Crippen molar-refractivity contribution in [2.24, 2.45) is 0 Å². The molecule has 1 N–H and O–H groups in total. The van der Waals surface area contributed by atoms with E-state index in [2.05, 4.69) is 5.32 Å². The molecule has 1 atom stereocenters. The van der Waals surface area contributed by atoms with E-state index in [1.54, 1.807) is 11.9 Å². The molecule has 0 saturated carbocycles. The van der Waals surface area contributed by atoms with Gasteiger partial charge in [-0.05, 0) is 12.8 Å². The van der Waals surface area contributed by atoms with Gasteiger partial charge in [0.1, 0.15) is 6.10 Å². The Hall–Kier alpha value is -0.850. The van der Waals surface area contributed by atoms with Crippen molar-refractivity contribution in [3.8, 4) is 0 Å². The highest BCUT2D eigenvalue weighted by atomic mass is 35.5. The van der Waals surface area contributed by atoms with Gasteiger partial charge in [0.15, 0.2) is 0 Å². The molecule has 2 saturated heterocycles. The Morgan fingerprint density at radius 2 is 2.05 bits per heavy atom. The Balaban J connectivity index is 0.00000180. The van der Waals surface area contributed by atoms with Crippen LogP contribution in [0.3, 0.4) is 0 Å². The molecule has 2 rings (SSSR count). The zero-order valence-electron chi connectivity index (χ0n) is 11.3. The Morgan fingerprint density at radius 1 is 1.37 bits per heavy atom. The highest BCUT2D eigenvalue weighted by Gasteiger charge is 2.28. The molecule has 6 nitrogen and oxygen atoms in total. The van der Waals surface area contributed by atoms with Crippen LogP contribution in [0.4, 0.5) is 0 Å². The summed E-state index contributed by atoms with van der Waals surface area (Å²) in [4.78, 5) is 27.3. The minimum Gasteiger partial charge on any atom is -0.368 e. The molecule has 1 unspecified atom stereocenters. The van der Waals surface area contributed by atoms with E-state index in [0.717, 1.165) is 39.0 Å². The Labute approximate surface area is 119 Å². The Bertz CT molecular complexity index is 315. The summed E-state index contributed by atoms with van der Waals surface area (Å²) in [5, 5.41) is 3.20. The van der Waals surface area contributed by atoms with Crippen LogP contribution < -0.4 is 5.32 Å². The zero-order valence-corrected chi connectivity index (χ0v) is 12.1. The molecule has 0 spiro atoms. The number of nitrogens with one attached hydrogen (secondary N) is 1. The molecule has 0 bridgehead atoms. The van der Waals surface area contributed by atoms with Crippen LogP contribution in [0, 0.1) is 0 Å². The summed E-state index contributed by atoms with van der Waals surface area (Å²) in [5.74, 6) is -0.0543. The molecule has 19 heavy (non-hydrogen) atoms. The number of likely N-dealkylation sites (N-methyl/N-ethyl adjacent to an activating group) is 1. The van der Waals surface area contributed by atoms with Gasteiger partial charge >= 0.3 is 0 Å². The lowest BCUT2D eigenvalue weighted by Gasteiger charge is -2.29. The quantitative estimate of drug-likeness (QED) is 0.760. The van der Waals surface area contributed by atoms with E-state index in [9.17, 15) is 9.59 Å². The number of piperazine rings is 1. The average molecular weight is 292 g/mol. The van der Waals surface area contributed by atoms with E-state index in [1.165, 1.54) is 4.90 Å². The topological polar surface area (TPSA) is 61.9 Å². The number of nitrogens with zero attached hydrogens (tertiary/aromatic N) is 2. The molecule has 0 aromatic rings. The van der Waals surface area contributed by atoms with Crippen LogP contribution in [0.2, 0.25) is 0 Å². The van der Waals surface area contributed by atoms with Gasteiger partial charge in [-0.15, -0.1) is 12.4 Å². The predicted molar refractivity (Wildman–Crippen MR) is 73.3 cm³/mol. The van der Waals surface area contributed by atoms with E-state index >= 15 is 0 Å². The van der Waals surface area contributed by atoms with Crippen molar-refractivity contribution in [1.82, 2.24) is 15.1 Å². The lowest BCUT2D eigenvalue weighted by atomic mass is 10.2. The molecule has 2 aliphatic rings. The van der Waals surface area contributed by atoms with Crippen LogP contribution in [0.15, 0.2) is 0 Å². The summed E-state index contributed by atoms with van der Waals surface area (Å²) in [6, 6.07) is 0. The minimum atomic E-state index is -0.342.